The number of nitrogens with one attached hydrogen (secondary N) is 3. The van der Waals surface area contributed by atoms with E-state index < -0.39 is 30.0 Å². The van der Waals surface area contributed by atoms with Crippen LogP contribution in [0.3, 0.4) is 0 Å². The standard InChI is InChI=1S/C23H33N5O6/c1-13(2)19(26-20(30)14(3)24-5)22(32)28-11-10-27(12-18(28)23(33)34)21(31)16-6-8-17(9-7-16)25-15(4)29/h6-9,13-14,18-19,24H,10-12H2,1-5H3,(H,25,29)(H,26,30)(H,33,34). The third-order valence-electron chi connectivity index (χ3n) is 5.74. The lowest BCUT2D eigenvalue weighted by molar-refractivity contribution is -0.155. The van der Waals surface area contributed by atoms with Crippen molar-refractivity contribution >= 4 is 35.3 Å². The van der Waals surface area contributed by atoms with Gasteiger partial charge in [0.1, 0.15) is 12.1 Å². The third kappa shape index (κ3) is 6.53. The van der Waals surface area contributed by atoms with Gasteiger partial charge in [0.15, 0.2) is 0 Å². The minimum Gasteiger partial charge on any atom is -0.480 e. The first kappa shape index (κ1) is 26.8. The van der Waals surface area contributed by atoms with E-state index in [0.717, 1.165) is 0 Å². The molecule has 0 spiro atoms. The summed E-state index contributed by atoms with van der Waals surface area (Å²) in [6, 6.07) is 3.62. The summed E-state index contributed by atoms with van der Waals surface area (Å²) in [6.07, 6.45) is 0. The Morgan fingerprint density at radius 3 is 2.15 bits per heavy atom. The molecule has 1 fully saturated rings. The first-order chi connectivity index (χ1) is 16.0. The van der Waals surface area contributed by atoms with Crippen LogP contribution in [-0.2, 0) is 19.2 Å². The molecule has 0 bridgehead atoms. The fourth-order valence-electron chi connectivity index (χ4n) is 3.63. The normalized spacial score (nSPS) is 17.6. The molecule has 11 heteroatoms. The Morgan fingerprint density at radius 1 is 1.03 bits per heavy atom. The SMILES string of the molecule is CNC(C)C(=O)NC(C(=O)N1CCN(C(=O)c2ccc(NC(C)=O)cc2)CC1C(=O)O)C(C)C. The molecule has 1 aromatic carbocycles. The molecule has 2 rings (SSSR count). The Labute approximate surface area is 198 Å². The number of carboxylic acid groups (broad SMARTS) is 1. The lowest BCUT2D eigenvalue weighted by Gasteiger charge is -2.41. The number of anilines is 1. The van der Waals surface area contributed by atoms with Crippen LogP contribution in [0.2, 0.25) is 0 Å². The summed E-state index contributed by atoms with van der Waals surface area (Å²) in [5, 5.41) is 17.9. The van der Waals surface area contributed by atoms with E-state index >= 15 is 0 Å². The summed E-state index contributed by atoms with van der Waals surface area (Å²) in [7, 11) is 1.63. The van der Waals surface area contributed by atoms with E-state index in [4.69, 9.17) is 0 Å². The molecule has 1 heterocycles. The van der Waals surface area contributed by atoms with Gasteiger partial charge in [-0.2, -0.15) is 0 Å². The van der Waals surface area contributed by atoms with E-state index in [1.807, 2.05) is 0 Å². The van der Waals surface area contributed by atoms with E-state index in [1.54, 1.807) is 52.1 Å². The van der Waals surface area contributed by atoms with Gasteiger partial charge in [-0.1, -0.05) is 13.8 Å². The van der Waals surface area contributed by atoms with Gasteiger partial charge in [-0.15, -0.1) is 0 Å². The number of aliphatic carboxylic acids is 1. The Balaban J connectivity index is 2.16. The van der Waals surface area contributed by atoms with Crippen molar-refractivity contribution in [2.45, 2.75) is 45.8 Å². The molecule has 186 valence electrons. The van der Waals surface area contributed by atoms with E-state index in [0.29, 0.717) is 11.3 Å². The van der Waals surface area contributed by atoms with Gasteiger partial charge in [0, 0.05) is 31.3 Å². The number of piperazine rings is 1. The monoisotopic (exact) mass is 475 g/mol. The molecular formula is C23H33N5O6. The highest BCUT2D eigenvalue weighted by Gasteiger charge is 2.40. The van der Waals surface area contributed by atoms with Crippen LogP contribution in [0.25, 0.3) is 0 Å². The Bertz CT molecular complexity index is 932. The van der Waals surface area contributed by atoms with Gasteiger partial charge in [0.05, 0.1) is 12.6 Å². The van der Waals surface area contributed by atoms with E-state index in [-0.39, 0.29) is 43.3 Å². The number of hydrogen-bond acceptors (Lipinski definition) is 6. The van der Waals surface area contributed by atoms with Gasteiger partial charge in [0.25, 0.3) is 5.91 Å². The number of likely N-dealkylation sites (N-methyl/N-ethyl adjacent to an activating group) is 1. The fourth-order valence-corrected chi connectivity index (χ4v) is 3.63. The van der Waals surface area contributed by atoms with Crippen molar-refractivity contribution in [2.75, 3.05) is 32.0 Å². The highest BCUT2D eigenvalue weighted by atomic mass is 16.4. The number of carbonyl (C=O) groups excluding carboxylic acids is 4. The second-order valence-corrected chi connectivity index (χ2v) is 8.64. The number of benzene rings is 1. The highest BCUT2D eigenvalue weighted by molar-refractivity contribution is 5.97. The van der Waals surface area contributed by atoms with Gasteiger partial charge in [0.2, 0.25) is 17.7 Å². The number of carbonyl (C=O) groups is 5. The highest BCUT2D eigenvalue weighted by Crippen LogP contribution is 2.18. The number of carboxylic acids is 1. The summed E-state index contributed by atoms with van der Waals surface area (Å²) in [4.78, 5) is 64.3. The van der Waals surface area contributed by atoms with Crippen molar-refractivity contribution in [2.24, 2.45) is 5.92 Å². The maximum atomic E-state index is 13.3. The molecule has 0 radical (unpaired) electrons. The van der Waals surface area contributed by atoms with Gasteiger partial charge in [-0.3, -0.25) is 19.2 Å². The molecule has 34 heavy (non-hydrogen) atoms. The van der Waals surface area contributed by atoms with Crippen LogP contribution >= 0.6 is 0 Å². The number of nitrogens with zero attached hydrogens (tertiary/aromatic N) is 2. The van der Waals surface area contributed by atoms with Crippen molar-refractivity contribution in [3.05, 3.63) is 29.8 Å². The summed E-state index contributed by atoms with van der Waals surface area (Å²) in [6.45, 7) is 6.56. The second kappa shape index (κ2) is 11.6. The molecule has 3 unspecified atom stereocenters. The van der Waals surface area contributed by atoms with Crippen molar-refractivity contribution in [1.82, 2.24) is 20.4 Å². The molecule has 1 aliphatic heterocycles. The maximum Gasteiger partial charge on any atom is 0.328 e. The van der Waals surface area contributed by atoms with Crippen LogP contribution in [0.4, 0.5) is 5.69 Å². The molecule has 0 aliphatic carbocycles. The second-order valence-electron chi connectivity index (χ2n) is 8.64. The first-order valence-electron chi connectivity index (χ1n) is 11.1. The van der Waals surface area contributed by atoms with Crippen molar-refractivity contribution in [3.8, 4) is 0 Å². The van der Waals surface area contributed by atoms with Gasteiger partial charge in [-0.05, 0) is 44.2 Å². The van der Waals surface area contributed by atoms with Gasteiger partial charge < -0.3 is 30.9 Å². The van der Waals surface area contributed by atoms with Crippen LogP contribution in [0.1, 0.15) is 38.1 Å². The van der Waals surface area contributed by atoms with Gasteiger partial charge in [-0.25, -0.2) is 4.79 Å². The lowest BCUT2D eigenvalue weighted by Crippen LogP contribution is -2.64. The molecule has 11 nitrogen and oxygen atoms in total. The molecule has 4 amide bonds. The average Bonchev–Trinajstić information content (AvgIpc) is 2.80. The topological polar surface area (TPSA) is 148 Å². The molecule has 3 atom stereocenters. The third-order valence-corrected chi connectivity index (χ3v) is 5.74. The quantitative estimate of drug-likeness (QED) is 0.418. The zero-order valence-electron chi connectivity index (χ0n) is 20.1. The first-order valence-corrected chi connectivity index (χ1v) is 11.1. The molecule has 1 aliphatic rings. The van der Waals surface area contributed by atoms with Crippen LogP contribution in [-0.4, -0.2) is 89.3 Å². The number of hydrogen-bond donors (Lipinski definition) is 4. The Kier molecular flexibility index (Phi) is 9.13. The maximum absolute atomic E-state index is 13.3. The summed E-state index contributed by atoms with van der Waals surface area (Å²) < 4.78 is 0. The number of rotatable bonds is 8. The van der Waals surface area contributed by atoms with Gasteiger partial charge >= 0.3 is 5.97 Å². The van der Waals surface area contributed by atoms with Crippen LogP contribution < -0.4 is 16.0 Å². The molecule has 1 saturated heterocycles. The Hall–Kier alpha value is -3.47. The van der Waals surface area contributed by atoms with E-state index in [1.165, 1.54) is 16.7 Å². The molecular weight excluding hydrogens is 442 g/mol. The van der Waals surface area contributed by atoms with E-state index in [9.17, 15) is 29.1 Å². The average molecular weight is 476 g/mol. The van der Waals surface area contributed by atoms with Crippen LogP contribution in [0, 0.1) is 5.92 Å². The fraction of sp³-hybridized carbons (Fsp3) is 0.522. The van der Waals surface area contributed by atoms with Crippen LogP contribution in [0.5, 0.6) is 0 Å². The zero-order chi connectivity index (χ0) is 25.6. The summed E-state index contributed by atoms with van der Waals surface area (Å²) in [5.41, 5.74) is 0.878. The minimum absolute atomic E-state index is 0.0200. The summed E-state index contributed by atoms with van der Waals surface area (Å²) in [5.74, 6) is -2.96. The molecule has 0 saturated carbocycles. The zero-order valence-corrected chi connectivity index (χ0v) is 20.1. The summed E-state index contributed by atoms with van der Waals surface area (Å²) >= 11 is 0. The lowest BCUT2D eigenvalue weighted by atomic mass is 10.00. The predicted octanol–water partition coefficient (Wildman–Crippen LogP) is 0.131. The van der Waals surface area contributed by atoms with E-state index in [2.05, 4.69) is 16.0 Å². The molecule has 1 aromatic rings. The minimum atomic E-state index is -1.25. The predicted molar refractivity (Wildman–Crippen MR) is 125 cm³/mol. The molecule has 0 aromatic heterocycles. The number of amides is 4. The van der Waals surface area contributed by atoms with Crippen molar-refractivity contribution in [1.29, 1.82) is 0 Å². The Morgan fingerprint density at radius 2 is 1.65 bits per heavy atom. The van der Waals surface area contributed by atoms with Crippen molar-refractivity contribution in [3.63, 3.8) is 0 Å². The largest absolute Gasteiger partial charge is 0.480 e. The van der Waals surface area contributed by atoms with Crippen LogP contribution in [0.15, 0.2) is 24.3 Å². The smallest absolute Gasteiger partial charge is 0.328 e. The van der Waals surface area contributed by atoms with Crippen molar-refractivity contribution < 1.29 is 29.1 Å². The molecule has 4 N–H and O–H groups in total.